The molecule has 50 heavy (non-hydrogen) atoms. The first kappa shape index (κ1) is 18.8. The summed E-state index contributed by atoms with van der Waals surface area (Å²) in [5, 5.41) is 1.41. The van der Waals surface area contributed by atoms with E-state index in [4.69, 9.17) is 20.9 Å². The quantitative estimate of drug-likeness (QED) is 0.179. The zero-order chi connectivity index (χ0) is 44.8. The predicted molar refractivity (Wildman–Crippen MR) is 204 cm³/mol. The van der Waals surface area contributed by atoms with Crippen LogP contribution in [0.3, 0.4) is 0 Å². The molecule has 0 radical (unpaired) electrons. The molecule has 0 N–H and O–H groups in total. The van der Waals surface area contributed by atoms with Crippen molar-refractivity contribution in [3.8, 4) is 67.5 Å². The highest BCUT2D eigenvalue weighted by Gasteiger charge is 2.17. The van der Waals surface area contributed by atoms with Crippen molar-refractivity contribution >= 4 is 21.9 Å². The Kier molecular flexibility index (Phi) is 4.66. The molecule has 0 aliphatic heterocycles. The van der Waals surface area contributed by atoms with E-state index in [1.54, 1.807) is 12.1 Å². The average Bonchev–Trinajstić information content (AvgIpc) is 3.68. The molecule has 236 valence electrons. The van der Waals surface area contributed by atoms with Crippen LogP contribution in [0.25, 0.3) is 89.5 Å². The second kappa shape index (κ2) is 12.4. The van der Waals surface area contributed by atoms with Gasteiger partial charge in [0.2, 0.25) is 0 Å². The number of nitrogens with zero attached hydrogens (tertiary/aromatic N) is 3. The predicted octanol–water partition coefficient (Wildman–Crippen LogP) is 12.1. The van der Waals surface area contributed by atoms with Crippen LogP contribution in [0.5, 0.6) is 0 Å². The van der Waals surface area contributed by atoms with Gasteiger partial charge in [0.05, 0.1) is 17.8 Å². The molecule has 0 aliphatic carbocycles. The Bertz CT molecular complexity index is 3250. The number of para-hydroxylation sites is 2. The van der Waals surface area contributed by atoms with Crippen LogP contribution < -0.4 is 0 Å². The lowest BCUT2D eigenvalue weighted by molar-refractivity contribution is 0.671. The minimum atomic E-state index is -0.706. The lowest BCUT2D eigenvalue weighted by Crippen LogP contribution is -2.00. The van der Waals surface area contributed by atoms with Gasteiger partial charge in [-0.2, -0.15) is 0 Å². The van der Waals surface area contributed by atoms with Crippen LogP contribution in [0.15, 0.2) is 174 Å². The van der Waals surface area contributed by atoms with Gasteiger partial charge in [-0.15, -0.1) is 0 Å². The van der Waals surface area contributed by atoms with Crippen LogP contribution in [-0.4, -0.2) is 15.0 Å². The number of hydrogen-bond donors (Lipinski definition) is 0. The van der Waals surface area contributed by atoms with Gasteiger partial charge in [-0.3, -0.25) is 0 Å². The monoisotopic (exact) mass is 654 g/mol. The molecule has 0 atom stereocenters. The van der Waals surface area contributed by atoms with Crippen molar-refractivity contribution < 1.29 is 22.2 Å². The molecule has 0 spiro atoms. The van der Waals surface area contributed by atoms with Crippen molar-refractivity contribution in [3.63, 3.8) is 0 Å². The topological polar surface area (TPSA) is 51.8 Å². The SMILES string of the molecule is [2H]c1c([2H])c([2H])c(-c2nc(-c3c([2H])c([2H])c([2H])c(C)c3[2H])nc(-c3c([2H])c([2H])c([2H])c(-c4cccc5c4oc4c(-c6ccc(-c7ccccc7)cc6)cccc45)c3[2H])n2)c([2H])c1[2H]. The highest BCUT2D eigenvalue weighted by atomic mass is 16.3. The zero-order valence-corrected chi connectivity index (χ0v) is 26.4. The number of furan rings is 1. The summed E-state index contributed by atoms with van der Waals surface area (Å²) in [6.45, 7) is 1.41. The molecule has 9 rings (SSSR count). The normalized spacial score (nSPS) is 14.9. The maximum Gasteiger partial charge on any atom is 0.164 e. The first-order valence-electron chi connectivity index (χ1n) is 22.2. The molecular weight excluding hydrogens is 611 g/mol. The van der Waals surface area contributed by atoms with E-state index in [0.29, 0.717) is 16.6 Å². The fraction of sp³-hybridized carbons (Fsp3) is 0.0217. The Hall–Kier alpha value is -6.65. The molecule has 9 aromatic rings. The van der Waals surface area contributed by atoms with Crippen LogP contribution in [0.1, 0.15) is 23.4 Å². The molecule has 4 nitrogen and oxygen atoms in total. The van der Waals surface area contributed by atoms with Crippen molar-refractivity contribution in [1.82, 2.24) is 15.0 Å². The molecule has 0 unspecified atom stereocenters. The van der Waals surface area contributed by atoms with Gasteiger partial charge in [0.25, 0.3) is 0 Å². The summed E-state index contributed by atoms with van der Waals surface area (Å²) in [5.41, 5.74) is 3.56. The van der Waals surface area contributed by atoms with Gasteiger partial charge >= 0.3 is 0 Å². The second-order valence-corrected chi connectivity index (χ2v) is 11.5. The first-order chi connectivity index (χ1) is 30.1. The highest BCUT2D eigenvalue weighted by Crippen LogP contribution is 2.40. The summed E-state index contributed by atoms with van der Waals surface area (Å²) in [7, 11) is 0. The molecule has 0 saturated heterocycles. The summed E-state index contributed by atoms with van der Waals surface area (Å²) in [4.78, 5) is 13.3. The highest BCUT2D eigenvalue weighted by molar-refractivity contribution is 6.13. The van der Waals surface area contributed by atoms with Crippen LogP contribution in [0, 0.1) is 6.92 Å². The summed E-state index contributed by atoms with van der Waals surface area (Å²) >= 11 is 0. The Morgan fingerprint density at radius 1 is 0.420 bits per heavy atom. The zero-order valence-electron chi connectivity index (χ0n) is 39.4. The Morgan fingerprint density at radius 2 is 0.940 bits per heavy atom. The van der Waals surface area contributed by atoms with Crippen molar-refractivity contribution in [1.29, 1.82) is 0 Å². The van der Waals surface area contributed by atoms with E-state index in [2.05, 4.69) is 15.0 Å². The maximum atomic E-state index is 9.64. The Morgan fingerprint density at radius 3 is 1.62 bits per heavy atom. The standard InChI is InChI=1S/C46H31N3O/c1-30-12-8-18-36(28-30)45-47-44(34-15-6-3-7-16-34)48-46(49-45)37-19-9-17-35(29-37)39-21-11-23-41-40-22-10-20-38(42(40)50-43(39)41)33-26-24-32(25-27-33)31-13-4-2-5-14-31/h2-29H,1H3/i3D,6D,7D,8D,9D,12D,15D,16D,17D,18D,19D,28D,29D. The summed E-state index contributed by atoms with van der Waals surface area (Å²) in [6, 6.07) is 21.4. The molecule has 0 aliphatic rings. The molecular formula is C46H31N3O. The van der Waals surface area contributed by atoms with E-state index >= 15 is 0 Å². The lowest BCUT2D eigenvalue weighted by atomic mass is 9.98. The van der Waals surface area contributed by atoms with Crippen LogP contribution in [0.4, 0.5) is 0 Å². The van der Waals surface area contributed by atoms with E-state index in [-0.39, 0.29) is 28.3 Å². The average molecular weight is 655 g/mol. The fourth-order valence-corrected chi connectivity index (χ4v) is 5.93. The second-order valence-electron chi connectivity index (χ2n) is 11.5. The van der Waals surface area contributed by atoms with Gasteiger partial charge in [-0.05, 0) is 41.3 Å². The molecule has 0 saturated carbocycles. The Balaban J connectivity index is 1.29. The van der Waals surface area contributed by atoms with E-state index in [9.17, 15) is 1.37 Å². The van der Waals surface area contributed by atoms with Gasteiger partial charge in [-0.1, -0.05) is 163 Å². The maximum absolute atomic E-state index is 9.64. The number of rotatable bonds is 6. The van der Waals surface area contributed by atoms with E-state index in [1.165, 1.54) is 6.92 Å². The smallest absolute Gasteiger partial charge is 0.164 e. The minimum absolute atomic E-state index is 0.0141. The van der Waals surface area contributed by atoms with Crippen molar-refractivity contribution in [2.75, 3.05) is 0 Å². The van der Waals surface area contributed by atoms with Crippen LogP contribution >= 0.6 is 0 Å². The fourth-order valence-electron chi connectivity index (χ4n) is 5.93. The third kappa shape index (κ3) is 5.43. The van der Waals surface area contributed by atoms with E-state index < -0.39 is 101 Å². The Labute approximate surface area is 308 Å². The molecule has 0 fully saturated rings. The molecule has 2 heterocycles. The summed E-state index contributed by atoms with van der Waals surface area (Å²) in [5.74, 6) is -1.50. The molecule has 4 heteroatoms. The number of benzene rings is 7. The molecule has 0 bridgehead atoms. The van der Waals surface area contributed by atoms with Crippen molar-refractivity contribution in [3.05, 3.63) is 175 Å². The number of hydrogen-bond acceptors (Lipinski definition) is 4. The van der Waals surface area contributed by atoms with Gasteiger partial charge in [0.1, 0.15) is 11.2 Å². The van der Waals surface area contributed by atoms with Crippen LogP contribution in [-0.2, 0) is 0 Å². The summed E-state index contributed by atoms with van der Waals surface area (Å²) < 4.78 is 120. The lowest BCUT2D eigenvalue weighted by Gasteiger charge is -2.10. The van der Waals surface area contributed by atoms with Gasteiger partial charge < -0.3 is 4.42 Å². The van der Waals surface area contributed by atoms with E-state index in [0.717, 1.165) is 27.6 Å². The van der Waals surface area contributed by atoms with E-state index in [1.807, 2.05) is 78.9 Å². The van der Waals surface area contributed by atoms with Crippen molar-refractivity contribution in [2.24, 2.45) is 0 Å². The van der Waals surface area contributed by atoms with Gasteiger partial charge in [0.15, 0.2) is 17.5 Å². The van der Waals surface area contributed by atoms with Gasteiger partial charge in [-0.25, -0.2) is 15.0 Å². The number of fused-ring (bicyclic) bond motifs is 3. The third-order valence-corrected chi connectivity index (χ3v) is 8.28. The molecule has 7 aromatic carbocycles. The molecule has 2 aromatic heterocycles. The minimum Gasteiger partial charge on any atom is -0.455 e. The first-order valence-corrected chi connectivity index (χ1v) is 15.7. The van der Waals surface area contributed by atoms with Crippen LogP contribution in [0.2, 0.25) is 0 Å². The third-order valence-electron chi connectivity index (χ3n) is 8.28. The summed E-state index contributed by atoms with van der Waals surface area (Å²) in [6.07, 6.45) is 0. The number of aromatic nitrogens is 3. The van der Waals surface area contributed by atoms with Crippen molar-refractivity contribution in [2.45, 2.75) is 6.92 Å². The molecule has 0 amide bonds. The van der Waals surface area contributed by atoms with Gasteiger partial charge in [0, 0.05) is 38.6 Å². The largest absolute Gasteiger partial charge is 0.455 e.